The summed E-state index contributed by atoms with van der Waals surface area (Å²) < 4.78 is 11.5. The van der Waals surface area contributed by atoms with Gasteiger partial charge >= 0.3 is 0 Å². The molecule has 1 spiro atoms. The van der Waals surface area contributed by atoms with Gasteiger partial charge in [0, 0.05) is 37.0 Å². The zero-order valence-electron chi connectivity index (χ0n) is 15.3. The molecule has 0 radical (unpaired) electrons. The zero-order valence-corrected chi connectivity index (χ0v) is 15.3. The van der Waals surface area contributed by atoms with E-state index < -0.39 is 0 Å². The molecule has 0 amide bonds. The number of piperidine rings is 1. The van der Waals surface area contributed by atoms with E-state index in [-0.39, 0.29) is 5.41 Å². The van der Waals surface area contributed by atoms with Gasteiger partial charge in [-0.15, -0.1) is 0 Å². The summed E-state index contributed by atoms with van der Waals surface area (Å²) in [5, 5.41) is 4.15. The first-order chi connectivity index (χ1) is 13.8. The highest BCUT2D eigenvalue weighted by molar-refractivity contribution is 5.74. The highest BCUT2D eigenvalue weighted by atomic mass is 16.5. The van der Waals surface area contributed by atoms with Crippen LogP contribution in [0.2, 0.25) is 0 Å². The molecule has 2 aliphatic rings. The van der Waals surface area contributed by atoms with Crippen molar-refractivity contribution in [3.05, 3.63) is 54.7 Å². The Morgan fingerprint density at radius 3 is 2.75 bits per heavy atom. The standard InChI is InChI=1S/C21H19N5O2/c1-2-6-17-16(5-1)23-20(27-17)26-10-7-21(8-11-26)12-15(21)19-24-18(25-28-19)14-4-3-9-22-13-14/h1-6,9,13,15H,7-8,10-12H2/t15-/m0/s1. The summed E-state index contributed by atoms with van der Waals surface area (Å²) in [4.78, 5) is 15.6. The predicted molar refractivity (Wildman–Crippen MR) is 103 cm³/mol. The van der Waals surface area contributed by atoms with Crippen LogP contribution in [0.5, 0.6) is 0 Å². The molecule has 1 aromatic carbocycles. The molecule has 1 saturated carbocycles. The van der Waals surface area contributed by atoms with Crippen LogP contribution < -0.4 is 4.90 Å². The molecule has 1 atom stereocenters. The van der Waals surface area contributed by atoms with E-state index in [9.17, 15) is 0 Å². The number of aromatic nitrogens is 4. The Hall–Kier alpha value is -3.22. The van der Waals surface area contributed by atoms with Crippen LogP contribution in [0.15, 0.2) is 57.7 Å². The fourth-order valence-electron chi connectivity index (χ4n) is 4.38. The molecule has 140 valence electrons. The molecule has 7 nitrogen and oxygen atoms in total. The molecule has 4 heterocycles. The summed E-state index contributed by atoms with van der Waals surface area (Å²) in [5.41, 5.74) is 2.92. The van der Waals surface area contributed by atoms with Crippen LogP contribution in [0, 0.1) is 5.41 Å². The fourth-order valence-corrected chi connectivity index (χ4v) is 4.38. The molecule has 28 heavy (non-hydrogen) atoms. The SMILES string of the molecule is c1cncc(-c2noc([C@@H]3CC34CCN(c3nc5ccccc5o3)CC4)n2)c1. The third-order valence-corrected chi connectivity index (χ3v) is 6.16. The first-order valence-corrected chi connectivity index (χ1v) is 9.65. The molecule has 6 rings (SSSR count). The topological polar surface area (TPSA) is 81.1 Å². The lowest BCUT2D eigenvalue weighted by atomic mass is 9.91. The number of hydrogen-bond donors (Lipinski definition) is 0. The lowest BCUT2D eigenvalue weighted by molar-refractivity contribution is 0.321. The Morgan fingerprint density at radius 1 is 1.04 bits per heavy atom. The second-order valence-corrected chi connectivity index (χ2v) is 7.77. The van der Waals surface area contributed by atoms with Crippen molar-refractivity contribution in [2.75, 3.05) is 18.0 Å². The van der Waals surface area contributed by atoms with Gasteiger partial charge in [0.25, 0.3) is 6.01 Å². The molecular weight excluding hydrogens is 354 g/mol. The molecular formula is C21H19N5O2. The van der Waals surface area contributed by atoms with Gasteiger partial charge in [-0.05, 0) is 48.9 Å². The number of nitrogens with zero attached hydrogens (tertiary/aromatic N) is 5. The predicted octanol–water partition coefficient (Wildman–Crippen LogP) is 4.05. The maximum Gasteiger partial charge on any atom is 0.298 e. The third kappa shape index (κ3) is 2.50. The number of benzene rings is 1. The van der Waals surface area contributed by atoms with Gasteiger partial charge in [0.05, 0.1) is 0 Å². The summed E-state index contributed by atoms with van der Waals surface area (Å²) in [7, 11) is 0. The molecule has 2 fully saturated rings. The number of fused-ring (bicyclic) bond motifs is 1. The Bertz CT molecular complexity index is 1090. The molecule has 0 unspecified atom stereocenters. The van der Waals surface area contributed by atoms with Crippen LogP contribution in [-0.2, 0) is 0 Å². The maximum atomic E-state index is 5.93. The van der Waals surface area contributed by atoms with Crippen molar-refractivity contribution in [1.29, 1.82) is 0 Å². The Kier molecular flexibility index (Phi) is 3.32. The Balaban J connectivity index is 1.16. The molecule has 0 bridgehead atoms. The summed E-state index contributed by atoms with van der Waals surface area (Å²) in [5.74, 6) is 1.74. The van der Waals surface area contributed by atoms with Crippen LogP contribution in [0.25, 0.3) is 22.5 Å². The lowest BCUT2D eigenvalue weighted by Gasteiger charge is -2.31. The summed E-state index contributed by atoms with van der Waals surface area (Å²) in [6.45, 7) is 1.87. The molecule has 1 saturated heterocycles. The second kappa shape index (κ2) is 5.89. The third-order valence-electron chi connectivity index (χ3n) is 6.16. The number of para-hydroxylation sites is 2. The van der Waals surface area contributed by atoms with Gasteiger partial charge < -0.3 is 13.8 Å². The van der Waals surface area contributed by atoms with E-state index in [0.29, 0.717) is 11.7 Å². The largest absolute Gasteiger partial charge is 0.423 e. The van der Waals surface area contributed by atoms with Crippen LogP contribution in [0.4, 0.5) is 6.01 Å². The van der Waals surface area contributed by atoms with Crippen LogP contribution in [0.1, 0.15) is 31.1 Å². The van der Waals surface area contributed by atoms with Crippen molar-refractivity contribution >= 4 is 17.1 Å². The first-order valence-electron chi connectivity index (χ1n) is 9.65. The van der Waals surface area contributed by atoms with Gasteiger partial charge in [0.1, 0.15) is 5.52 Å². The average Bonchev–Trinajstić information content (AvgIpc) is 3.13. The van der Waals surface area contributed by atoms with Gasteiger partial charge in [-0.2, -0.15) is 9.97 Å². The van der Waals surface area contributed by atoms with Crippen molar-refractivity contribution in [3.8, 4) is 11.4 Å². The van der Waals surface area contributed by atoms with Crippen LogP contribution in [-0.4, -0.2) is 33.2 Å². The van der Waals surface area contributed by atoms with Crippen LogP contribution >= 0.6 is 0 Å². The molecule has 7 heteroatoms. The monoisotopic (exact) mass is 373 g/mol. The van der Waals surface area contributed by atoms with Crippen LogP contribution in [0.3, 0.4) is 0 Å². The van der Waals surface area contributed by atoms with E-state index in [1.807, 2.05) is 36.4 Å². The summed E-state index contributed by atoms with van der Waals surface area (Å²) >= 11 is 0. The smallest absolute Gasteiger partial charge is 0.298 e. The molecule has 1 aliphatic carbocycles. The number of anilines is 1. The van der Waals surface area contributed by atoms with E-state index in [1.54, 1.807) is 12.4 Å². The lowest BCUT2D eigenvalue weighted by Crippen LogP contribution is -2.35. The molecule has 0 N–H and O–H groups in total. The van der Waals surface area contributed by atoms with E-state index in [1.165, 1.54) is 0 Å². The second-order valence-electron chi connectivity index (χ2n) is 7.77. The summed E-state index contributed by atoms with van der Waals surface area (Å²) in [6.07, 6.45) is 6.78. The minimum Gasteiger partial charge on any atom is -0.423 e. The minimum absolute atomic E-state index is 0.279. The van der Waals surface area contributed by atoms with E-state index in [0.717, 1.165) is 60.9 Å². The van der Waals surface area contributed by atoms with Crippen molar-refractivity contribution in [3.63, 3.8) is 0 Å². The molecule has 4 aromatic rings. The average molecular weight is 373 g/mol. The van der Waals surface area contributed by atoms with E-state index >= 15 is 0 Å². The molecule has 3 aromatic heterocycles. The zero-order chi connectivity index (χ0) is 18.6. The molecule has 1 aliphatic heterocycles. The van der Waals surface area contributed by atoms with Gasteiger partial charge in [-0.25, -0.2) is 0 Å². The van der Waals surface area contributed by atoms with Crippen molar-refractivity contribution in [2.24, 2.45) is 5.41 Å². The summed E-state index contributed by atoms with van der Waals surface area (Å²) in [6, 6.07) is 12.5. The van der Waals surface area contributed by atoms with Crippen molar-refractivity contribution in [1.82, 2.24) is 20.1 Å². The minimum atomic E-state index is 0.279. The van der Waals surface area contributed by atoms with E-state index in [4.69, 9.17) is 8.94 Å². The van der Waals surface area contributed by atoms with Gasteiger partial charge in [-0.3, -0.25) is 4.98 Å². The highest BCUT2D eigenvalue weighted by Gasteiger charge is 2.58. The Morgan fingerprint density at radius 2 is 1.93 bits per heavy atom. The van der Waals surface area contributed by atoms with Gasteiger partial charge in [0.15, 0.2) is 5.58 Å². The number of rotatable bonds is 3. The first kappa shape index (κ1) is 15.8. The van der Waals surface area contributed by atoms with Gasteiger partial charge in [0.2, 0.25) is 11.7 Å². The van der Waals surface area contributed by atoms with E-state index in [2.05, 4.69) is 25.0 Å². The maximum absolute atomic E-state index is 5.93. The fraction of sp³-hybridized carbons (Fsp3) is 0.333. The van der Waals surface area contributed by atoms with Gasteiger partial charge in [-0.1, -0.05) is 17.3 Å². The van der Waals surface area contributed by atoms with Crippen molar-refractivity contribution < 1.29 is 8.94 Å². The number of pyridine rings is 1. The normalized spacial score (nSPS) is 20.7. The quantitative estimate of drug-likeness (QED) is 0.536. The number of oxazole rings is 1. The van der Waals surface area contributed by atoms with Crippen molar-refractivity contribution in [2.45, 2.75) is 25.2 Å². The Labute approximate surface area is 161 Å². The number of hydrogen-bond acceptors (Lipinski definition) is 7. The highest BCUT2D eigenvalue weighted by Crippen LogP contribution is 2.64.